The van der Waals surface area contributed by atoms with Gasteiger partial charge in [-0.25, -0.2) is 4.98 Å². The van der Waals surface area contributed by atoms with Crippen LogP contribution in [0.3, 0.4) is 0 Å². The largest absolute Gasteiger partial charge is 0.395 e. The summed E-state index contributed by atoms with van der Waals surface area (Å²) >= 11 is 1.37. The number of aryl methyl sites for hydroxylation is 1. The molecule has 1 aromatic heterocycles. The smallest absolute Gasteiger partial charge is 0.257 e. The van der Waals surface area contributed by atoms with E-state index in [1.807, 2.05) is 19.1 Å². The van der Waals surface area contributed by atoms with Gasteiger partial charge in [-0.1, -0.05) is 17.9 Å². The van der Waals surface area contributed by atoms with E-state index in [2.05, 4.69) is 22.1 Å². The molecule has 2 aromatic rings. The van der Waals surface area contributed by atoms with Gasteiger partial charge in [-0.2, -0.15) is 0 Å². The average Bonchev–Trinajstić information content (AvgIpc) is 2.93. The number of nitrogens with one attached hydrogen (secondary N) is 1. The fraction of sp³-hybridized carbons (Fsp3) is 0.200. The number of carbonyl (C=O) groups excluding carboxylic acids is 1. The maximum atomic E-state index is 12.2. The third-order valence-corrected chi connectivity index (χ3v) is 3.29. The van der Waals surface area contributed by atoms with E-state index in [1.165, 1.54) is 11.3 Å². The number of aliphatic hydroxyl groups excluding tert-OH is 1. The highest BCUT2D eigenvalue weighted by Gasteiger charge is 2.10. The average molecular weight is 286 g/mol. The minimum atomic E-state index is -0.191. The molecule has 102 valence electrons. The van der Waals surface area contributed by atoms with Crippen molar-refractivity contribution in [3.05, 3.63) is 46.5 Å². The number of amides is 1. The Morgan fingerprint density at radius 1 is 1.50 bits per heavy atom. The summed E-state index contributed by atoms with van der Waals surface area (Å²) in [5, 5.41) is 13.8. The number of anilines is 1. The predicted molar refractivity (Wildman–Crippen MR) is 79.8 cm³/mol. The van der Waals surface area contributed by atoms with Gasteiger partial charge in [0.25, 0.3) is 5.91 Å². The maximum absolute atomic E-state index is 12.2. The molecular weight excluding hydrogens is 272 g/mol. The van der Waals surface area contributed by atoms with E-state index in [1.54, 1.807) is 17.6 Å². The normalized spacial score (nSPS) is 9.70. The molecule has 2 rings (SSSR count). The Hall–Kier alpha value is -2.16. The van der Waals surface area contributed by atoms with Crippen LogP contribution in [0.5, 0.6) is 0 Å². The standard InChI is InChI=1S/C15H14N2O2S/c1-11-5-6-12(4-2-3-8-18)10-13(11)14(19)17-15-16-7-9-20-15/h5-7,9-10,18H,3,8H2,1H3,(H,16,17,19). The summed E-state index contributed by atoms with van der Waals surface area (Å²) in [5.41, 5.74) is 2.22. The first-order valence-corrected chi connectivity index (χ1v) is 7.00. The first-order valence-electron chi connectivity index (χ1n) is 6.12. The lowest BCUT2D eigenvalue weighted by Crippen LogP contribution is -2.13. The molecule has 0 aliphatic heterocycles. The van der Waals surface area contributed by atoms with E-state index in [-0.39, 0.29) is 12.5 Å². The first-order chi connectivity index (χ1) is 9.70. The summed E-state index contributed by atoms with van der Waals surface area (Å²) in [5.74, 6) is 5.57. The van der Waals surface area contributed by atoms with Crippen LogP contribution >= 0.6 is 11.3 Å². The van der Waals surface area contributed by atoms with Gasteiger partial charge in [-0.05, 0) is 24.6 Å². The number of nitrogens with zero attached hydrogens (tertiary/aromatic N) is 1. The molecule has 0 radical (unpaired) electrons. The molecule has 1 amide bonds. The summed E-state index contributed by atoms with van der Waals surface area (Å²) in [6.45, 7) is 1.91. The molecule has 0 aliphatic carbocycles. The highest BCUT2D eigenvalue weighted by molar-refractivity contribution is 7.13. The van der Waals surface area contributed by atoms with Gasteiger partial charge in [-0.15, -0.1) is 11.3 Å². The topological polar surface area (TPSA) is 62.2 Å². The predicted octanol–water partition coefficient (Wildman–Crippen LogP) is 2.44. The third kappa shape index (κ3) is 3.67. The lowest BCUT2D eigenvalue weighted by Gasteiger charge is -2.06. The van der Waals surface area contributed by atoms with Crippen LogP contribution in [0.1, 0.15) is 27.9 Å². The minimum absolute atomic E-state index is 0.0379. The molecule has 20 heavy (non-hydrogen) atoms. The van der Waals surface area contributed by atoms with E-state index >= 15 is 0 Å². The van der Waals surface area contributed by atoms with Crippen molar-refractivity contribution in [2.45, 2.75) is 13.3 Å². The molecule has 2 N–H and O–H groups in total. The van der Waals surface area contributed by atoms with Gasteiger partial charge in [0.2, 0.25) is 0 Å². The molecule has 0 spiro atoms. The van der Waals surface area contributed by atoms with Gasteiger partial charge in [-0.3, -0.25) is 10.1 Å². The zero-order valence-corrected chi connectivity index (χ0v) is 11.8. The Labute approximate surface area is 121 Å². The number of hydrogen-bond acceptors (Lipinski definition) is 4. The molecule has 1 heterocycles. The number of carbonyl (C=O) groups is 1. The lowest BCUT2D eigenvalue weighted by atomic mass is 10.0. The number of aliphatic hydroxyl groups is 1. The second-order valence-electron chi connectivity index (χ2n) is 4.10. The van der Waals surface area contributed by atoms with Gasteiger partial charge < -0.3 is 5.11 Å². The van der Waals surface area contributed by atoms with Crippen molar-refractivity contribution < 1.29 is 9.90 Å². The Bertz CT molecular complexity index is 654. The molecule has 0 atom stereocenters. The van der Waals surface area contributed by atoms with Gasteiger partial charge >= 0.3 is 0 Å². The van der Waals surface area contributed by atoms with Crippen LogP contribution in [0.25, 0.3) is 0 Å². The fourth-order valence-electron chi connectivity index (χ4n) is 1.61. The molecule has 0 aliphatic rings. The highest BCUT2D eigenvalue weighted by atomic mass is 32.1. The number of rotatable bonds is 3. The quantitative estimate of drug-likeness (QED) is 0.852. The number of aromatic nitrogens is 1. The number of thiazole rings is 1. The van der Waals surface area contributed by atoms with Crippen LogP contribution in [-0.4, -0.2) is 22.6 Å². The third-order valence-electron chi connectivity index (χ3n) is 2.60. The summed E-state index contributed by atoms with van der Waals surface area (Å²) < 4.78 is 0. The van der Waals surface area contributed by atoms with E-state index in [0.29, 0.717) is 17.1 Å². The van der Waals surface area contributed by atoms with Crippen LogP contribution < -0.4 is 5.32 Å². The maximum Gasteiger partial charge on any atom is 0.257 e. The van der Waals surface area contributed by atoms with Crippen molar-refractivity contribution in [3.63, 3.8) is 0 Å². The zero-order valence-electron chi connectivity index (χ0n) is 11.0. The summed E-state index contributed by atoms with van der Waals surface area (Å²) in [7, 11) is 0. The molecular formula is C15H14N2O2S. The molecule has 1 aromatic carbocycles. The molecule has 0 saturated carbocycles. The molecule has 5 heteroatoms. The van der Waals surface area contributed by atoms with Gasteiger partial charge in [0, 0.05) is 29.1 Å². The molecule has 0 bridgehead atoms. The van der Waals surface area contributed by atoms with Crippen LogP contribution in [0.4, 0.5) is 5.13 Å². The van der Waals surface area contributed by atoms with E-state index in [9.17, 15) is 4.79 Å². The molecule has 0 saturated heterocycles. The number of hydrogen-bond donors (Lipinski definition) is 2. The summed E-state index contributed by atoms with van der Waals surface area (Å²) in [4.78, 5) is 16.2. The molecule has 0 unspecified atom stereocenters. The Balaban J connectivity index is 2.20. The SMILES string of the molecule is Cc1ccc(C#CCCO)cc1C(=O)Nc1nccs1. The number of benzene rings is 1. The van der Waals surface area contributed by atoms with Crippen molar-refractivity contribution in [3.8, 4) is 11.8 Å². The van der Waals surface area contributed by atoms with Crippen LogP contribution in [-0.2, 0) is 0 Å². The molecule has 4 nitrogen and oxygen atoms in total. The zero-order chi connectivity index (χ0) is 14.4. The Morgan fingerprint density at radius 2 is 2.35 bits per heavy atom. The van der Waals surface area contributed by atoms with Gasteiger partial charge in [0.15, 0.2) is 5.13 Å². The van der Waals surface area contributed by atoms with Gasteiger partial charge in [0.1, 0.15) is 0 Å². The summed E-state index contributed by atoms with van der Waals surface area (Å²) in [6.07, 6.45) is 2.07. The monoisotopic (exact) mass is 286 g/mol. The Kier molecular flexibility index (Phi) is 4.88. The van der Waals surface area contributed by atoms with Crippen molar-refractivity contribution in [1.29, 1.82) is 0 Å². The van der Waals surface area contributed by atoms with Crippen molar-refractivity contribution in [2.24, 2.45) is 0 Å². The van der Waals surface area contributed by atoms with E-state index < -0.39 is 0 Å². The van der Waals surface area contributed by atoms with E-state index in [0.717, 1.165) is 11.1 Å². The van der Waals surface area contributed by atoms with Crippen molar-refractivity contribution in [1.82, 2.24) is 4.98 Å². The lowest BCUT2D eigenvalue weighted by molar-refractivity contribution is 0.102. The van der Waals surface area contributed by atoms with Crippen molar-refractivity contribution >= 4 is 22.4 Å². The summed E-state index contributed by atoms with van der Waals surface area (Å²) in [6, 6.07) is 5.47. The minimum Gasteiger partial charge on any atom is -0.395 e. The van der Waals surface area contributed by atoms with Gasteiger partial charge in [0.05, 0.1) is 6.61 Å². The second-order valence-corrected chi connectivity index (χ2v) is 4.99. The van der Waals surface area contributed by atoms with Crippen LogP contribution in [0.2, 0.25) is 0 Å². The fourth-order valence-corrected chi connectivity index (χ4v) is 2.14. The molecule has 0 fully saturated rings. The first kappa shape index (κ1) is 14.3. The Morgan fingerprint density at radius 3 is 3.05 bits per heavy atom. The van der Waals surface area contributed by atoms with E-state index in [4.69, 9.17) is 5.11 Å². The van der Waals surface area contributed by atoms with Crippen molar-refractivity contribution in [2.75, 3.05) is 11.9 Å². The second kappa shape index (κ2) is 6.85. The van der Waals surface area contributed by atoms with Crippen LogP contribution in [0, 0.1) is 18.8 Å². The highest BCUT2D eigenvalue weighted by Crippen LogP contribution is 2.15. The van der Waals surface area contributed by atoms with Crippen LogP contribution in [0.15, 0.2) is 29.8 Å².